The molecule has 1 saturated heterocycles. The average molecular weight is 385 g/mol. The number of benzene rings is 2. The van der Waals surface area contributed by atoms with Gasteiger partial charge < -0.3 is 14.5 Å². The maximum atomic E-state index is 12.5. The van der Waals surface area contributed by atoms with E-state index in [9.17, 15) is 4.79 Å². The van der Waals surface area contributed by atoms with Gasteiger partial charge in [0.15, 0.2) is 0 Å². The van der Waals surface area contributed by atoms with Crippen LogP contribution in [0.1, 0.15) is 18.1 Å². The number of aryl methyl sites for hydroxylation is 1. The molecule has 0 aliphatic carbocycles. The second-order valence-corrected chi connectivity index (χ2v) is 7.73. The Bertz CT molecular complexity index is 740. The molecule has 27 heavy (non-hydrogen) atoms. The van der Waals surface area contributed by atoms with E-state index in [1.807, 2.05) is 30.0 Å². The van der Waals surface area contributed by atoms with Crippen molar-refractivity contribution in [2.45, 2.75) is 19.6 Å². The van der Waals surface area contributed by atoms with Crippen molar-refractivity contribution in [1.29, 1.82) is 0 Å². The number of hydrogen-bond acceptors (Lipinski definition) is 4. The SMILES string of the molecule is CCOc1ccccc1N1CCN(C(=O)CSCc2ccc(C)cc2)CC1. The number of para-hydroxylation sites is 2. The standard InChI is InChI=1S/C22H28N2O2S/c1-3-26-21-7-5-4-6-20(21)23-12-14-24(15-13-23)22(25)17-27-16-19-10-8-18(2)9-11-19/h4-11H,3,12-17H2,1-2H3. The number of carbonyl (C=O) groups is 1. The maximum absolute atomic E-state index is 12.5. The highest BCUT2D eigenvalue weighted by Crippen LogP contribution is 2.29. The number of amides is 1. The Morgan fingerprint density at radius 3 is 2.44 bits per heavy atom. The van der Waals surface area contributed by atoms with Gasteiger partial charge in [0, 0.05) is 31.9 Å². The van der Waals surface area contributed by atoms with Crippen LogP contribution in [0.4, 0.5) is 5.69 Å². The fourth-order valence-corrected chi connectivity index (χ4v) is 4.11. The Morgan fingerprint density at radius 1 is 1.04 bits per heavy atom. The Balaban J connectivity index is 1.46. The lowest BCUT2D eigenvalue weighted by Gasteiger charge is -2.36. The van der Waals surface area contributed by atoms with E-state index in [-0.39, 0.29) is 5.91 Å². The molecule has 1 aliphatic heterocycles. The van der Waals surface area contributed by atoms with Crippen molar-refractivity contribution < 1.29 is 9.53 Å². The largest absolute Gasteiger partial charge is 0.492 e. The number of hydrogen-bond donors (Lipinski definition) is 0. The summed E-state index contributed by atoms with van der Waals surface area (Å²) >= 11 is 1.70. The zero-order valence-electron chi connectivity index (χ0n) is 16.2. The van der Waals surface area contributed by atoms with Gasteiger partial charge in [0.25, 0.3) is 0 Å². The van der Waals surface area contributed by atoms with E-state index in [0.717, 1.165) is 43.4 Å². The highest BCUT2D eigenvalue weighted by Gasteiger charge is 2.22. The second-order valence-electron chi connectivity index (χ2n) is 6.75. The number of nitrogens with zero attached hydrogens (tertiary/aromatic N) is 2. The molecule has 1 aliphatic rings. The van der Waals surface area contributed by atoms with E-state index < -0.39 is 0 Å². The summed E-state index contributed by atoms with van der Waals surface area (Å²) in [6, 6.07) is 16.7. The number of rotatable bonds is 7. The molecule has 3 rings (SSSR count). The lowest BCUT2D eigenvalue weighted by atomic mass is 10.2. The van der Waals surface area contributed by atoms with Crippen LogP contribution in [-0.2, 0) is 10.5 Å². The minimum absolute atomic E-state index is 0.241. The molecule has 0 aromatic heterocycles. The van der Waals surface area contributed by atoms with Gasteiger partial charge in [-0.1, -0.05) is 42.0 Å². The van der Waals surface area contributed by atoms with Crippen LogP contribution in [0, 0.1) is 6.92 Å². The van der Waals surface area contributed by atoms with Gasteiger partial charge in [0.2, 0.25) is 5.91 Å². The molecule has 0 spiro atoms. The Labute approximate surface area is 166 Å². The summed E-state index contributed by atoms with van der Waals surface area (Å²) in [4.78, 5) is 16.8. The summed E-state index contributed by atoms with van der Waals surface area (Å²) in [5.41, 5.74) is 3.67. The summed E-state index contributed by atoms with van der Waals surface area (Å²) in [5, 5.41) is 0. The highest BCUT2D eigenvalue weighted by atomic mass is 32.2. The van der Waals surface area contributed by atoms with Crippen molar-refractivity contribution in [3.8, 4) is 5.75 Å². The summed E-state index contributed by atoms with van der Waals surface area (Å²) < 4.78 is 5.74. The van der Waals surface area contributed by atoms with Gasteiger partial charge in [-0.2, -0.15) is 0 Å². The van der Waals surface area contributed by atoms with E-state index >= 15 is 0 Å². The van der Waals surface area contributed by atoms with Crippen molar-refractivity contribution in [2.24, 2.45) is 0 Å². The fourth-order valence-electron chi connectivity index (χ4n) is 3.22. The van der Waals surface area contributed by atoms with Crippen LogP contribution in [0.15, 0.2) is 48.5 Å². The van der Waals surface area contributed by atoms with Gasteiger partial charge >= 0.3 is 0 Å². The zero-order valence-corrected chi connectivity index (χ0v) is 17.0. The first-order valence-electron chi connectivity index (χ1n) is 9.55. The first-order valence-corrected chi connectivity index (χ1v) is 10.7. The molecular weight excluding hydrogens is 356 g/mol. The Hall–Kier alpha value is -2.14. The second kappa shape index (κ2) is 9.70. The molecule has 0 bridgehead atoms. The summed E-state index contributed by atoms with van der Waals surface area (Å²) in [7, 11) is 0. The van der Waals surface area contributed by atoms with Crippen molar-refractivity contribution in [3.05, 3.63) is 59.7 Å². The van der Waals surface area contributed by atoms with Crippen molar-refractivity contribution in [3.63, 3.8) is 0 Å². The summed E-state index contributed by atoms with van der Waals surface area (Å²) in [6.07, 6.45) is 0. The van der Waals surface area contributed by atoms with Gasteiger partial charge in [-0.05, 0) is 31.5 Å². The number of carbonyl (C=O) groups excluding carboxylic acids is 1. The fraction of sp³-hybridized carbons (Fsp3) is 0.409. The minimum Gasteiger partial charge on any atom is -0.492 e. The van der Waals surface area contributed by atoms with Gasteiger partial charge in [-0.15, -0.1) is 11.8 Å². The molecule has 1 fully saturated rings. The molecule has 1 amide bonds. The first-order chi connectivity index (χ1) is 13.2. The van der Waals surface area contributed by atoms with Crippen LogP contribution in [0.2, 0.25) is 0 Å². The van der Waals surface area contributed by atoms with Gasteiger partial charge in [-0.3, -0.25) is 4.79 Å². The smallest absolute Gasteiger partial charge is 0.232 e. The van der Waals surface area contributed by atoms with E-state index in [1.54, 1.807) is 11.8 Å². The average Bonchev–Trinajstić information content (AvgIpc) is 2.70. The van der Waals surface area contributed by atoms with Crippen LogP contribution < -0.4 is 9.64 Å². The highest BCUT2D eigenvalue weighted by molar-refractivity contribution is 7.99. The summed E-state index contributed by atoms with van der Waals surface area (Å²) in [6.45, 7) is 7.98. The first kappa shape index (κ1) is 19.6. The monoisotopic (exact) mass is 384 g/mol. The van der Waals surface area contributed by atoms with Crippen LogP contribution >= 0.6 is 11.8 Å². The van der Waals surface area contributed by atoms with Crippen LogP contribution in [0.25, 0.3) is 0 Å². The third kappa shape index (κ3) is 5.42. The zero-order chi connectivity index (χ0) is 19.1. The van der Waals surface area contributed by atoms with E-state index in [1.165, 1.54) is 11.1 Å². The maximum Gasteiger partial charge on any atom is 0.232 e. The lowest BCUT2D eigenvalue weighted by molar-refractivity contribution is -0.128. The van der Waals surface area contributed by atoms with Crippen LogP contribution in [0.3, 0.4) is 0 Å². The Morgan fingerprint density at radius 2 is 1.74 bits per heavy atom. The van der Waals surface area contributed by atoms with Crippen molar-refractivity contribution >= 4 is 23.4 Å². The molecule has 0 atom stereocenters. The molecule has 0 N–H and O–H groups in total. The molecule has 5 heteroatoms. The molecule has 2 aromatic carbocycles. The predicted octanol–water partition coefficient (Wildman–Crippen LogP) is 3.98. The van der Waals surface area contributed by atoms with Gasteiger partial charge in [0.05, 0.1) is 18.0 Å². The van der Waals surface area contributed by atoms with Crippen molar-refractivity contribution in [2.75, 3.05) is 43.4 Å². The topological polar surface area (TPSA) is 32.8 Å². The molecule has 0 saturated carbocycles. The van der Waals surface area contributed by atoms with Gasteiger partial charge in [0.1, 0.15) is 5.75 Å². The molecule has 144 valence electrons. The predicted molar refractivity (Wildman–Crippen MR) is 114 cm³/mol. The number of thioether (sulfide) groups is 1. The lowest BCUT2D eigenvalue weighted by Crippen LogP contribution is -2.49. The van der Waals surface area contributed by atoms with Crippen LogP contribution in [0.5, 0.6) is 5.75 Å². The number of piperazine rings is 1. The van der Waals surface area contributed by atoms with E-state index in [0.29, 0.717) is 12.4 Å². The normalized spacial score (nSPS) is 14.3. The molecule has 0 radical (unpaired) electrons. The van der Waals surface area contributed by atoms with Crippen LogP contribution in [-0.4, -0.2) is 49.3 Å². The van der Waals surface area contributed by atoms with Gasteiger partial charge in [-0.25, -0.2) is 0 Å². The number of anilines is 1. The van der Waals surface area contributed by atoms with E-state index in [4.69, 9.17) is 4.74 Å². The van der Waals surface area contributed by atoms with Crippen molar-refractivity contribution in [1.82, 2.24) is 4.90 Å². The Kier molecular flexibility index (Phi) is 7.04. The third-order valence-corrected chi connectivity index (χ3v) is 5.74. The molecule has 0 unspecified atom stereocenters. The quantitative estimate of drug-likeness (QED) is 0.723. The van der Waals surface area contributed by atoms with E-state index in [2.05, 4.69) is 42.2 Å². The summed E-state index contributed by atoms with van der Waals surface area (Å²) in [5.74, 6) is 2.59. The third-order valence-electron chi connectivity index (χ3n) is 4.75. The molecule has 2 aromatic rings. The molecule has 1 heterocycles. The minimum atomic E-state index is 0.241. The number of ether oxygens (including phenoxy) is 1. The molecular formula is C22H28N2O2S. The molecule has 4 nitrogen and oxygen atoms in total.